The topological polar surface area (TPSA) is 78.3 Å². The molecule has 34 heavy (non-hydrogen) atoms. The molecule has 0 bridgehead atoms. The normalized spacial score (nSPS) is 11.6. The standard InChI is InChI=1S/C25H23ClN4O3S/c1-16(24(31)27-19-13-14-21(32-2)22(15-19)33-3)34-25-29-28-23(17-9-11-18(26)12-10-17)30(25)20-7-5-4-6-8-20/h4-16H,1-3H3,(H,27,31). The predicted molar refractivity (Wildman–Crippen MR) is 135 cm³/mol. The Balaban J connectivity index is 1.59. The lowest BCUT2D eigenvalue weighted by Crippen LogP contribution is -2.23. The molecule has 1 N–H and O–H groups in total. The first-order valence-corrected chi connectivity index (χ1v) is 11.7. The van der Waals surface area contributed by atoms with Gasteiger partial charge in [-0.2, -0.15) is 0 Å². The number of aromatic nitrogens is 3. The largest absolute Gasteiger partial charge is 0.493 e. The second kappa shape index (κ2) is 10.6. The summed E-state index contributed by atoms with van der Waals surface area (Å²) in [5, 5.41) is 12.5. The summed E-state index contributed by atoms with van der Waals surface area (Å²) in [4.78, 5) is 13.0. The van der Waals surface area contributed by atoms with Gasteiger partial charge in [-0.1, -0.05) is 41.6 Å². The van der Waals surface area contributed by atoms with Gasteiger partial charge in [-0.25, -0.2) is 0 Å². The summed E-state index contributed by atoms with van der Waals surface area (Å²) in [6.07, 6.45) is 0. The number of thioether (sulfide) groups is 1. The van der Waals surface area contributed by atoms with Gasteiger partial charge in [-0.15, -0.1) is 10.2 Å². The lowest BCUT2D eigenvalue weighted by molar-refractivity contribution is -0.115. The Morgan fingerprint density at radius 1 is 0.971 bits per heavy atom. The summed E-state index contributed by atoms with van der Waals surface area (Å²) >= 11 is 7.38. The number of benzene rings is 3. The summed E-state index contributed by atoms with van der Waals surface area (Å²) in [7, 11) is 3.12. The Morgan fingerprint density at radius 3 is 2.35 bits per heavy atom. The highest BCUT2D eigenvalue weighted by molar-refractivity contribution is 8.00. The molecule has 7 nitrogen and oxygen atoms in total. The number of carbonyl (C=O) groups is 1. The van der Waals surface area contributed by atoms with Gasteiger partial charge in [0.2, 0.25) is 5.91 Å². The number of hydrogen-bond donors (Lipinski definition) is 1. The Bertz CT molecular complexity index is 1280. The minimum atomic E-state index is -0.446. The third kappa shape index (κ3) is 5.18. The van der Waals surface area contributed by atoms with Crippen LogP contribution >= 0.6 is 23.4 Å². The van der Waals surface area contributed by atoms with Gasteiger partial charge in [-0.05, 0) is 55.5 Å². The summed E-state index contributed by atoms with van der Waals surface area (Å²) in [5.74, 6) is 1.62. The first-order valence-electron chi connectivity index (χ1n) is 10.5. The van der Waals surface area contributed by atoms with Crippen LogP contribution < -0.4 is 14.8 Å². The van der Waals surface area contributed by atoms with E-state index in [2.05, 4.69) is 15.5 Å². The number of ether oxygens (including phenoxy) is 2. The maximum Gasteiger partial charge on any atom is 0.237 e. The van der Waals surface area contributed by atoms with Crippen LogP contribution in [0.4, 0.5) is 5.69 Å². The fraction of sp³-hybridized carbons (Fsp3) is 0.160. The molecule has 3 aromatic carbocycles. The number of methoxy groups -OCH3 is 2. The molecule has 9 heteroatoms. The smallest absolute Gasteiger partial charge is 0.237 e. The van der Waals surface area contributed by atoms with E-state index in [0.29, 0.717) is 33.2 Å². The van der Waals surface area contributed by atoms with Gasteiger partial charge in [0, 0.05) is 28.0 Å². The Morgan fingerprint density at radius 2 is 1.68 bits per heavy atom. The molecule has 0 aliphatic rings. The van der Waals surface area contributed by atoms with Gasteiger partial charge in [0.15, 0.2) is 22.5 Å². The lowest BCUT2D eigenvalue weighted by atomic mass is 10.2. The molecular weight excluding hydrogens is 472 g/mol. The van der Waals surface area contributed by atoms with E-state index in [-0.39, 0.29) is 5.91 Å². The van der Waals surface area contributed by atoms with Crippen LogP contribution in [0.2, 0.25) is 5.02 Å². The molecule has 4 rings (SSSR count). The molecule has 0 aliphatic heterocycles. The van der Waals surface area contributed by atoms with Crippen LogP contribution in [-0.2, 0) is 4.79 Å². The van der Waals surface area contributed by atoms with Gasteiger partial charge in [0.1, 0.15) is 0 Å². The molecule has 1 aromatic heterocycles. The first-order chi connectivity index (χ1) is 16.5. The van der Waals surface area contributed by atoms with Crippen molar-refractivity contribution in [3.8, 4) is 28.6 Å². The van der Waals surface area contributed by atoms with Crippen molar-refractivity contribution < 1.29 is 14.3 Å². The van der Waals surface area contributed by atoms with Crippen molar-refractivity contribution in [3.05, 3.63) is 77.8 Å². The third-order valence-corrected chi connectivity index (χ3v) is 6.35. The van der Waals surface area contributed by atoms with Gasteiger partial charge in [0.25, 0.3) is 0 Å². The highest BCUT2D eigenvalue weighted by atomic mass is 35.5. The van der Waals surface area contributed by atoms with Gasteiger partial charge < -0.3 is 14.8 Å². The van der Waals surface area contributed by atoms with Crippen LogP contribution in [-0.4, -0.2) is 40.1 Å². The fourth-order valence-electron chi connectivity index (χ4n) is 3.31. The van der Waals surface area contributed by atoms with E-state index >= 15 is 0 Å². The van der Waals surface area contributed by atoms with Crippen LogP contribution in [0.5, 0.6) is 11.5 Å². The molecule has 1 unspecified atom stereocenters. The minimum absolute atomic E-state index is 0.173. The predicted octanol–water partition coefficient (Wildman–Crippen LogP) is 5.72. The minimum Gasteiger partial charge on any atom is -0.493 e. The van der Waals surface area contributed by atoms with E-state index in [1.165, 1.54) is 11.8 Å². The molecule has 0 saturated heterocycles. The van der Waals surface area contributed by atoms with Gasteiger partial charge in [-0.3, -0.25) is 9.36 Å². The number of amides is 1. The van der Waals surface area contributed by atoms with Crippen LogP contribution in [0.25, 0.3) is 17.1 Å². The highest BCUT2D eigenvalue weighted by Gasteiger charge is 2.22. The van der Waals surface area contributed by atoms with Gasteiger partial charge >= 0.3 is 0 Å². The monoisotopic (exact) mass is 494 g/mol. The van der Waals surface area contributed by atoms with Crippen molar-refractivity contribution in [2.75, 3.05) is 19.5 Å². The number of para-hydroxylation sites is 1. The quantitative estimate of drug-likeness (QED) is 0.315. The number of rotatable bonds is 8. The second-order valence-corrected chi connectivity index (χ2v) is 9.05. The summed E-state index contributed by atoms with van der Waals surface area (Å²) in [5.41, 5.74) is 2.38. The van der Waals surface area contributed by atoms with Gasteiger partial charge in [0.05, 0.1) is 19.5 Å². The number of carbonyl (C=O) groups excluding carboxylic acids is 1. The first kappa shape index (κ1) is 23.7. The van der Waals surface area contributed by atoms with E-state index in [1.807, 2.05) is 66.1 Å². The molecule has 0 fully saturated rings. The van der Waals surface area contributed by atoms with E-state index in [9.17, 15) is 4.79 Å². The molecule has 4 aromatic rings. The average molecular weight is 495 g/mol. The SMILES string of the molecule is COc1ccc(NC(=O)C(C)Sc2nnc(-c3ccc(Cl)cc3)n2-c2ccccc2)cc1OC. The number of anilines is 1. The number of halogens is 1. The zero-order chi connectivity index (χ0) is 24.1. The Hall–Kier alpha value is -3.49. The highest BCUT2D eigenvalue weighted by Crippen LogP contribution is 2.32. The molecule has 0 saturated carbocycles. The summed E-state index contributed by atoms with van der Waals surface area (Å²) in [6.45, 7) is 1.83. The number of nitrogens with zero attached hydrogens (tertiary/aromatic N) is 3. The molecule has 0 radical (unpaired) electrons. The zero-order valence-electron chi connectivity index (χ0n) is 18.9. The van der Waals surface area contributed by atoms with Crippen molar-refractivity contribution in [2.24, 2.45) is 0 Å². The molecule has 0 aliphatic carbocycles. The molecule has 1 atom stereocenters. The van der Waals surface area contributed by atoms with Crippen LogP contribution in [0.15, 0.2) is 78.0 Å². The summed E-state index contributed by atoms with van der Waals surface area (Å²) < 4.78 is 12.5. The maximum atomic E-state index is 13.0. The number of hydrogen-bond acceptors (Lipinski definition) is 6. The number of nitrogens with one attached hydrogen (secondary N) is 1. The van der Waals surface area contributed by atoms with Crippen LogP contribution in [0, 0.1) is 0 Å². The Labute approximate surface area is 207 Å². The van der Waals surface area contributed by atoms with E-state index in [0.717, 1.165) is 11.3 Å². The third-order valence-electron chi connectivity index (χ3n) is 5.05. The molecule has 0 spiro atoms. The Kier molecular flexibility index (Phi) is 7.40. The van der Waals surface area contributed by atoms with Crippen molar-refractivity contribution in [1.29, 1.82) is 0 Å². The molecule has 1 amide bonds. The maximum absolute atomic E-state index is 13.0. The van der Waals surface area contributed by atoms with Crippen molar-refractivity contribution >= 4 is 35.0 Å². The van der Waals surface area contributed by atoms with Crippen LogP contribution in [0.3, 0.4) is 0 Å². The van der Waals surface area contributed by atoms with E-state index in [1.54, 1.807) is 32.4 Å². The second-order valence-electron chi connectivity index (χ2n) is 7.30. The van der Waals surface area contributed by atoms with E-state index < -0.39 is 5.25 Å². The lowest BCUT2D eigenvalue weighted by Gasteiger charge is -2.15. The molecular formula is C25H23ClN4O3S. The molecule has 174 valence electrons. The average Bonchev–Trinajstić information content (AvgIpc) is 3.28. The molecule has 1 heterocycles. The van der Waals surface area contributed by atoms with Crippen molar-refractivity contribution in [3.63, 3.8) is 0 Å². The summed E-state index contributed by atoms with van der Waals surface area (Å²) in [6, 6.07) is 22.4. The van der Waals surface area contributed by atoms with Crippen molar-refractivity contribution in [2.45, 2.75) is 17.3 Å². The van der Waals surface area contributed by atoms with Crippen LogP contribution in [0.1, 0.15) is 6.92 Å². The van der Waals surface area contributed by atoms with E-state index in [4.69, 9.17) is 21.1 Å². The zero-order valence-corrected chi connectivity index (χ0v) is 20.4. The fourth-order valence-corrected chi connectivity index (χ4v) is 4.30. The van der Waals surface area contributed by atoms with Crippen molar-refractivity contribution in [1.82, 2.24) is 14.8 Å².